The molecule has 0 unspecified atom stereocenters. The number of carbonyl (C=O) groups is 1. The molecule has 0 fully saturated rings. The lowest BCUT2D eigenvalue weighted by atomic mass is 10.3. The van der Waals surface area contributed by atoms with Crippen LogP contribution in [0.5, 0.6) is 5.75 Å². The zero-order valence-electron chi connectivity index (χ0n) is 11.6. The summed E-state index contributed by atoms with van der Waals surface area (Å²) in [5.74, 6) is -0.150. The van der Waals surface area contributed by atoms with Gasteiger partial charge in [-0.2, -0.15) is 0 Å². The summed E-state index contributed by atoms with van der Waals surface area (Å²) < 4.78 is 11.0. The molecular formula is C14H14N2O5. The lowest BCUT2D eigenvalue weighted by Crippen LogP contribution is -2.33. The summed E-state index contributed by atoms with van der Waals surface area (Å²) in [5.41, 5.74) is -1.16. The molecule has 1 aromatic heterocycles. The largest absolute Gasteiger partial charge is 0.497 e. The average Bonchev–Trinajstić information content (AvgIpc) is 2.48. The van der Waals surface area contributed by atoms with Crippen LogP contribution in [-0.2, 0) is 4.74 Å². The van der Waals surface area contributed by atoms with E-state index in [1.165, 1.54) is 13.3 Å². The first kappa shape index (κ1) is 14.6. The molecule has 0 amide bonds. The van der Waals surface area contributed by atoms with Crippen LogP contribution in [0.2, 0.25) is 0 Å². The fourth-order valence-corrected chi connectivity index (χ4v) is 1.76. The molecule has 2 rings (SSSR count). The van der Waals surface area contributed by atoms with E-state index in [1.807, 2.05) is 0 Å². The van der Waals surface area contributed by atoms with Crippen LogP contribution < -0.4 is 16.0 Å². The highest BCUT2D eigenvalue weighted by Crippen LogP contribution is 2.13. The Balaban J connectivity index is 2.52. The van der Waals surface area contributed by atoms with E-state index in [2.05, 4.69) is 4.98 Å². The van der Waals surface area contributed by atoms with Crippen molar-refractivity contribution < 1.29 is 14.3 Å². The average molecular weight is 290 g/mol. The summed E-state index contributed by atoms with van der Waals surface area (Å²) in [6, 6.07) is 6.59. The third kappa shape index (κ3) is 3.02. The Labute approximate surface area is 119 Å². The predicted octanol–water partition coefficient (Wildman–Crippen LogP) is 0.711. The number of hydrogen-bond donors (Lipinski definition) is 1. The second-order valence-electron chi connectivity index (χ2n) is 4.09. The van der Waals surface area contributed by atoms with E-state index in [1.54, 1.807) is 31.2 Å². The molecule has 0 bridgehead atoms. The van der Waals surface area contributed by atoms with Crippen LogP contribution in [-0.4, -0.2) is 29.2 Å². The van der Waals surface area contributed by atoms with Gasteiger partial charge >= 0.3 is 11.7 Å². The molecular weight excluding hydrogens is 276 g/mol. The zero-order valence-corrected chi connectivity index (χ0v) is 11.6. The van der Waals surface area contributed by atoms with Gasteiger partial charge in [0.25, 0.3) is 5.56 Å². The first-order chi connectivity index (χ1) is 10.1. The molecule has 0 aliphatic rings. The van der Waals surface area contributed by atoms with Crippen LogP contribution in [0, 0.1) is 0 Å². The fraction of sp³-hybridized carbons (Fsp3) is 0.214. The summed E-state index contributed by atoms with van der Waals surface area (Å²) in [6.07, 6.45) is 1.17. The maximum Gasteiger partial charge on any atom is 0.345 e. The number of esters is 1. The quantitative estimate of drug-likeness (QED) is 0.837. The minimum atomic E-state index is -0.777. The van der Waals surface area contributed by atoms with Gasteiger partial charge in [-0.25, -0.2) is 9.59 Å². The summed E-state index contributed by atoms with van der Waals surface area (Å²) >= 11 is 0. The van der Waals surface area contributed by atoms with Crippen LogP contribution in [0.1, 0.15) is 17.3 Å². The van der Waals surface area contributed by atoms with Gasteiger partial charge in [0.05, 0.1) is 19.4 Å². The maximum atomic E-state index is 11.9. The van der Waals surface area contributed by atoms with E-state index in [0.717, 1.165) is 4.57 Å². The van der Waals surface area contributed by atoms with Gasteiger partial charge in [-0.1, -0.05) is 0 Å². The molecule has 1 heterocycles. The molecule has 0 saturated heterocycles. The molecule has 0 spiro atoms. The molecule has 7 heteroatoms. The SMILES string of the molecule is CCOC(=O)c1cn(-c2ccc(OC)cc2)c(=O)[nH]c1=O. The van der Waals surface area contributed by atoms with Crippen molar-refractivity contribution >= 4 is 5.97 Å². The van der Waals surface area contributed by atoms with E-state index in [0.29, 0.717) is 11.4 Å². The van der Waals surface area contributed by atoms with Gasteiger partial charge in [-0.3, -0.25) is 14.3 Å². The Hall–Kier alpha value is -2.83. The van der Waals surface area contributed by atoms with Gasteiger partial charge in [0, 0.05) is 6.20 Å². The minimum absolute atomic E-state index is 0.139. The molecule has 0 aliphatic heterocycles. The molecule has 0 saturated carbocycles. The number of benzene rings is 1. The second-order valence-corrected chi connectivity index (χ2v) is 4.09. The highest BCUT2D eigenvalue weighted by molar-refractivity contribution is 5.88. The van der Waals surface area contributed by atoms with Gasteiger partial charge < -0.3 is 9.47 Å². The Morgan fingerprint density at radius 3 is 2.48 bits per heavy atom. The minimum Gasteiger partial charge on any atom is -0.497 e. The lowest BCUT2D eigenvalue weighted by Gasteiger charge is -2.08. The van der Waals surface area contributed by atoms with Gasteiger partial charge in [-0.15, -0.1) is 0 Å². The van der Waals surface area contributed by atoms with Crippen molar-refractivity contribution in [3.05, 3.63) is 56.9 Å². The number of aromatic nitrogens is 2. The molecule has 21 heavy (non-hydrogen) atoms. The van der Waals surface area contributed by atoms with E-state index in [-0.39, 0.29) is 12.2 Å². The van der Waals surface area contributed by atoms with E-state index in [4.69, 9.17) is 9.47 Å². The number of H-pyrrole nitrogens is 1. The Morgan fingerprint density at radius 1 is 1.24 bits per heavy atom. The molecule has 7 nitrogen and oxygen atoms in total. The number of carbonyl (C=O) groups excluding carboxylic acids is 1. The summed E-state index contributed by atoms with van der Waals surface area (Å²) in [4.78, 5) is 37.3. The second kappa shape index (κ2) is 6.08. The van der Waals surface area contributed by atoms with Crippen molar-refractivity contribution in [2.75, 3.05) is 13.7 Å². The van der Waals surface area contributed by atoms with Crippen LogP contribution in [0.25, 0.3) is 5.69 Å². The molecule has 110 valence electrons. The molecule has 1 aromatic carbocycles. The summed E-state index contributed by atoms with van der Waals surface area (Å²) in [5, 5.41) is 0. The Kier molecular flexibility index (Phi) is 4.22. The summed E-state index contributed by atoms with van der Waals surface area (Å²) in [7, 11) is 1.53. The highest BCUT2D eigenvalue weighted by atomic mass is 16.5. The van der Waals surface area contributed by atoms with E-state index in [9.17, 15) is 14.4 Å². The standard InChI is InChI=1S/C14H14N2O5/c1-3-21-13(18)11-8-16(14(19)15-12(11)17)9-4-6-10(20-2)7-5-9/h4-8H,3H2,1-2H3,(H,15,17,19). The lowest BCUT2D eigenvalue weighted by molar-refractivity contribution is 0.0523. The number of nitrogens with one attached hydrogen (secondary N) is 1. The van der Waals surface area contributed by atoms with Crippen LogP contribution in [0.3, 0.4) is 0 Å². The molecule has 0 aliphatic carbocycles. The van der Waals surface area contributed by atoms with Crippen LogP contribution >= 0.6 is 0 Å². The van der Waals surface area contributed by atoms with Gasteiger partial charge in [0.1, 0.15) is 11.3 Å². The zero-order chi connectivity index (χ0) is 15.4. The number of ether oxygens (including phenoxy) is 2. The third-order valence-corrected chi connectivity index (χ3v) is 2.79. The molecule has 0 radical (unpaired) electrons. The normalized spacial score (nSPS) is 10.2. The van der Waals surface area contributed by atoms with Gasteiger partial charge in [0.2, 0.25) is 0 Å². The number of methoxy groups -OCH3 is 1. The van der Waals surface area contributed by atoms with Crippen LogP contribution in [0.15, 0.2) is 40.1 Å². The Bertz CT molecular complexity index is 758. The van der Waals surface area contributed by atoms with Crippen molar-refractivity contribution in [2.45, 2.75) is 6.92 Å². The molecule has 0 atom stereocenters. The predicted molar refractivity (Wildman–Crippen MR) is 75.2 cm³/mol. The summed E-state index contributed by atoms with van der Waals surface area (Å²) in [6.45, 7) is 1.77. The number of hydrogen-bond acceptors (Lipinski definition) is 5. The number of nitrogens with zero attached hydrogens (tertiary/aromatic N) is 1. The monoisotopic (exact) mass is 290 g/mol. The van der Waals surface area contributed by atoms with Gasteiger partial charge in [-0.05, 0) is 31.2 Å². The topological polar surface area (TPSA) is 90.4 Å². The smallest absolute Gasteiger partial charge is 0.345 e. The third-order valence-electron chi connectivity index (χ3n) is 2.79. The first-order valence-electron chi connectivity index (χ1n) is 6.24. The van der Waals surface area contributed by atoms with Crippen molar-refractivity contribution in [1.82, 2.24) is 9.55 Å². The van der Waals surface area contributed by atoms with Crippen molar-refractivity contribution in [2.24, 2.45) is 0 Å². The van der Waals surface area contributed by atoms with E-state index < -0.39 is 17.2 Å². The maximum absolute atomic E-state index is 11.9. The van der Waals surface area contributed by atoms with Crippen LogP contribution in [0.4, 0.5) is 0 Å². The van der Waals surface area contributed by atoms with Crippen molar-refractivity contribution in [1.29, 1.82) is 0 Å². The van der Waals surface area contributed by atoms with Crippen molar-refractivity contribution in [3.8, 4) is 11.4 Å². The molecule has 2 aromatic rings. The number of rotatable bonds is 4. The van der Waals surface area contributed by atoms with E-state index >= 15 is 0 Å². The number of aromatic amines is 1. The fourth-order valence-electron chi connectivity index (χ4n) is 1.76. The highest BCUT2D eigenvalue weighted by Gasteiger charge is 2.14. The first-order valence-corrected chi connectivity index (χ1v) is 6.24. The van der Waals surface area contributed by atoms with Gasteiger partial charge in [0.15, 0.2) is 0 Å². The Morgan fingerprint density at radius 2 is 1.90 bits per heavy atom. The molecule has 1 N–H and O–H groups in total. The van der Waals surface area contributed by atoms with Crippen molar-refractivity contribution in [3.63, 3.8) is 0 Å².